The third kappa shape index (κ3) is 5.89. The number of aliphatic hydroxyl groups is 1. The Balaban J connectivity index is 1.62. The van der Waals surface area contributed by atoms with Gasteiger partial charge in [-0.2, -0.15) is 0 Å². The second kappa shape index (κ2) is 10.2. The van der Waals surface area contributed by atoms with Crippen molar-refractivity contribution in [2.75, 3.05) is 26.3 Å². The van der Waals surface area contributed by atoms with Gasteiger partial charge in [0.25, 0.3) is 5.91 Å². The Morgan fingerprint density at radius 3 is 2.52 bits per heavy atom. The van der Waals surface area contributed by atoms with Crippen molar-refractivity contribution in [1.29, 1.82) is 0 Å². The van der Waals surface area contributed by atoms with E-state index in [1.165, 1.54) is 0 Å². The third-order valence-electron chi connectivity index (χ3n) is 6.63. The number of allylic oxidation sites excluding steroid dienone is 1. The van der Waals surface area contributed by atoms with Gasteiger partial charge in [-0.25, -0.2) is 13.2 Å². The van der Waals surface area contributed by atoms with Crippen molar-refractivity contribution in [2.24, 2.45) is 5.92 Å². The number of carbonyl (C=O) groups excluding carboxylic acids is 1. The molecule has 1 aliphatic heterocycles. The Hall–Kier alpha value is -1.86. The average molecular weight is 439 g/mol. The van der Waals surface area contributed by atoms with Gasteiger partial charge in [-0.15, -0.1) is 0 Å². The van der Waals surface area contributed by atoms with E-state index in [9.17, 15) is 23.1 Å². The zero-order valence-electron chi connectivity index (χ0n) is 18.1. The molecule has 1 amide bonds. The molecule has 4 nitrogen and oxygen atoms in total. The molecule has 172 valence electrons. The number of alkyl halides is 3. The van der Waals surface area contributed by atoms with E-state index in [2.05, 4.69) is 10.2 Å². The van der Waals surface area contributed by atoms with Gasteiger partial charge in [-0.1, -0.05) is 36.4 Å². The maximum Gasteiger partial charge on any atom is 0.257 e. The Labute approximate surface area is 182 Å². The summed E-state index contributed by atoms with van der Waals surface area (Å²) in [4.78, 5) is 15.5. The zero-order chi connectivity index (χ0) is 22.5. The first-order valence-electron chi connectivity index (χ1n) is 11.2. The number of piperidine rings is 1. The van der Waals surface area contributed by atoms with E-state index in [-0.39, 0.29) is 18.9 Å². The van der Waals surface area contributed by atoms with Crippen molar-refractivity contribution in [3.05, 3.63) is 47.5 Å². The molecule has 1 saturated carbocycles. The standard InChI is InChI=1S/C24H33F3N2O2/c1-18(17-25)6-5-13-29-14-10-21(11-15-29)28-22(30)24(31,19-7-3-2-4-8-19)20-9-12-23(26,27)16-20/h2-4,6-8,20-21,31H,5,9-17H2,1H3,(H,28,30)/b18-6-/t20-,24+/m1/s1. The zero-order valence-corrected chi connectivity index (χ0v) is 18.1. The summed E-state index contributed by atoms with van der Waals surface area (Å²) in [6.45, 7) is 3.77. The summed E-state index contributed by atoms with van der Waals surface area (Å²) in [6, 6.07) is 8.34. The molecule has 2 fully saturated rings. The second-order valence-corrected chi connectivity index (χ2v) is 8.99. The lowest BCUT2D eigenvalue weighted by Gasteiger charge is -2.37. The first-order valence-corrected chi connectivity index (χ1v) is 11.2. The fourth-order valence-electron chi connectivity index (χ4n) is 4.70. The molecule has 1 aromatic carbocycles. The summed E-state index contributed by atoms with van der Waals surface area (Å²) in [5.74, 6) is -4.26. The van der Waals surface area contributed by atoms with Crippen LogP contribution in [0.5, 0.6) is 0 Å². The maximum absolute atomic E-state index is 13.9. The molecule has 31 heavy (non-hydrogen) atoms. The maximum atomic E-state index is 13.9. The average Bonchev–Trinajstić information content (AvgIpc) is 3.14. The molecule has 2 aliphatic rings. The predicted octanol–water partition coefficient (Wildman–Crippen LogP) is 4.20. The summed E-state index contributed by atoms with van der Waals surface area (Å²) in [5, 5.41) is 14.4. The van der Waals surface area contributed by atoms with Crippen molar-refractivity contribution in [3.63, 3.8) is 0 Å². The molecule has 2 N–H and O–H groups in total. The highest BCUT2D eigenvalue weighted by Gasteiger charge is 2.53. The molecule has 1 aromatic rings. The van der Waals surface area contributed by atoms with Crippen molar-refractivity contribution < 1.29 is 23.1 Å². The van der Waals surface area contributed by atoms with Crippen LogP contribution in [0.1, 0.15) is 51.0 Å². The van der Waals surface area contributed by atoms with Gasteiger partial charge in [0.2, 0.25) is 5.92 Å². The molecule has 0 radical (unpaired) electrons. The molecule has 1 saturated heterocycles. The van der Waals surface area contributed by atoms with Gasteiger partial charge in [0.05, 0.1) is 0 Å². The monoisotopic (exact) mass is 438 g/mol. The van der Waals surface area contributed by atoms with Gasteiger partial charge in [-0.05, 0) is 43.7 Å². The number of amides is 1. The largest absolute Gasteiger partial charge is 0.375 e. The van der Waals surface area contributed by atoms with Crippen molar-refractivity contribution in [1.82, 2.24) is 10.2 Å². The second-order valence-electron chi connectivity index (χ2n) is 8.99. The number of rotatable bonds is 8. The summed E-state index contributed by atoms with van der Waals surface area (Å²) < 4.78 is 40.3. The van der Waals surface area contributed by atoms with E-state index in [1.54, 1.807) is 37.3 Å². The molecular formula is C24H33F3N2O2. The Kier molecular flexibility index (Phi) is 7.81. The number of hydrogen-bond donors (Lipinski definition) is 2. The molecule has 0 aromatic heterocycles. The summed E-state index contributed by atoms with van der Waals surface area (Å²) in [6.07, 6.45) is 3.45. The molecule has 3 rings (SSSR count). The van der Waals surface area contributed by atoms with Crippen LogP contribution < -0.4 is 5.32 Å². The first-order chi connectivity index (χ1) is 14.7. The van der Waals surface area contributed by atoms with E-state index in [1.807, 2.05) is 6.08 Å². The highest BCUT2D eigenvalue weighted by Crippen LogP contribution is 2.47. The quantitative estimate of drug-likeness (QED) is 0.599. The van der Waals surface area contributed by atoms with E-state index in [4.69, 9.17) is 0 Å². The fraction of sp³-hybridized carbons (Fsp3) is 0.625. The summed E-state index contributed by atoms with van der Waals surface area (Å²) in [5.41, 5.74) is -0.866. The van der Waals surface area contributed by atoms with Gasteiger partial charge >= 0.3 is 0 Å². The lowest BCUT2D eigenvalue weighted by molar-refractivity contribution is -0.149. The Morgan fingerprint density at radius 2 is 1.94 bits per heavy atom. The third-order valence-corrected chi connectivity index (χ3v) is 6.63. The summed E-state index contributed by atoms with van der Waals surface area (Å²) in [7, 11) is 0. The molecule has 0 bridgehead atoms. The van der Waals surface area contributed by atoms with Crippen LogP contribution in [-0.2, 0) is 10.4 Å². The molecule has 1 heterocycles. The van der Waals surface area contributed by atoms with Crippen LogP contribution in [0.4, 0.5) is 13.2 Å². The van der Waals surface area contributed by atoms with Crippen LogP contribution in [0.3, 0.4) is 0 Å². The number of nitrogens with one attached hydrogen (secondary N) is 1. The minimum atomic E-state index is -2.85. The molecule has 7 heteroatoms. The molecular weight excluding hydrogens is 405 g/mol. The summed E-state index contributed by atoms with van der Waals surface area (Å²) >= 11 is 0. The van der Waals surface area contributed by atoms with Crippen molar-refractivity contribution in [2.45, 2.75) is 63.0 Å². The fourth-order valence-corrected chi connectivity index (χ4v) is 4.70. The molecule has 0 unspecified atom stereocenters. The highest BCUT2D eigenvalue weighted by atomic mass is 19.3. The van der Waals surface area contributed by atoms with Crippen LogP contribution in [0.2, 0.25) is 0 Å². The molecule has 2 atom stereocenters. The number of hydrogen-bond acceptors (Lipinski definition) is 3. The van der Waals surface area contributed by atoms with Gasteiger partial charge < -0.3 is 15.3 Å². The van der Waals surface area contributed by atoms with Gasteiger partial charge in [0, 0.05) is 44.4 Å². The van der Waals surface area contributed by atoms with E-state index in [0.717, 1.165) is 44.5 Å². The van der Waals surface area contributed by atoms with E-state index in [0.29, 0.717) is 5.56 Å². The highest BCUT2D eigenvalue weighted by molar-refractivity contribution is 5.87. The number of likely N-dealkylation sites (tertiary alicyclic amines) is 1. The SMILES string of the molecule is C/C(=C/CCN1CCC(NC(=O)[C@](O)(c2ccccc2)[C@@H]2CCC(F)(F)C2)CC1)CF. The van der Waals surface area contributed by atoms with Crippen molar-refractivity contribution >= 4 is 5.91 Å². The lowest BCUT2D eigenvalue weighted by Crippen LogP contribution is -2.54. The van der Waals surface area contributed by atoms with Gasteiger partial charge in [0.15, 0.2) is 5.60 Å². The van der Waals surface area contributed by atoms with Crippen LogP contribution in [0.25, 0.3) is 0 Å². The number of benzene rings is 1. The van der Waals surface area contributed by atoms with Gasteiger partial charge in [0.1, 0.15) is 6.67 Å². The predicted molar refractivity (Wildman–Crippen MR) is 115 cm³/mol. The lowest BCUT2D eigenvalue weighted by atomic mass is 9.79. The topological polar surface area (TPSA) is 52.6 Å². The van der Waals surface area contributed by atoms with Gasteiger partial charge in [-0.3, -0.25) is 4.79 Å². The van der Waals surface area contributed by atoms with Crippen LogP contribution in [-0.4, -0.2) is 54.2 Å². The number of nitrogens with zero attached hydrogens (tertiary/aromatic N) is 1. The van der Waals surface area contributed by atoms with Crippen LogP contribution >= 0.6 is 0 Å². The Bertz CT molecular complexity index is 763. The van der Waals surface area contributed by atoms with E-state index >= 15 is 0 Å². The normalized spacial score (nSPS) is 24.7. The molecule has 0 spiro atoms. The smallest absolute Gasteiger partial charge is 0.257 e. The van der Waals surface area contributed by atoms with Crippen LogP contribution in [0, 0.1) is 5.92 Å². The number of halogens is 3. The Morgan fingerprint density at radius 1 is 1.26 bits per heavy atom. The van der Waals surface area contributed by atoms with E-state index < -0.39 is 36.4 Å². The minimum absolute atomic E-state index is 0.107. The molecule has 1 aliphatic carbocycles. The first kappa shape index (κ1) is 23.8. The van der Waals surface area contributed by atoms with Crippen LogP contribution in [0.15, 0.2) is 42.0 Å². The minimum Gasteiger partial charge on any atom is -0.375 e. The van der Waals surface area contributed by atoms with Crippen molar-refractivity contribution in [3.8, 4) is 0 Å². The number of carbonyl (C=O) groups is 1.